The van der Waals surface area contributed by atoms with E-state index in [0.29, 0.717) is 44.1 Å². The summed E-state index contributed by atoms with van der Waals surface area (Å²) in [5.74, 6) is -0.741. The van der Waals surface area contributed by atoms with E-state index < -0.39 is 23.3 Å². The molecule has 0 radical (unpaired) electrons. The summed E-state index contributed by atoms with van der Waals surface area (Å²) in [5.41, 5.74) is 4.42. The average molecular weight is 679 g/mol. The zero-order valence-electron chi connectivity index (χ0n) is 27.4. The highest BCUT2D eigenvalue weighted by Crippen LogP contribution is 2.41. The lowest BCUT2D eigenvalue weighted by Gasteiger charge is -2.31. The number of ether oxygens (including phenoxy) is 1. The Bertz CT molecular complexity index is 1920. The van der Waals surface area contributed by atoms with Crippen LogP contribution < -0.4 is 15.4 Å². The molecule has 3 aliphatic heterocycles. The Morgan fingerprint density at radius 2 is 2.02 bits per heavy atom. The topological polar surface area (TPSA) is 153 Å². The van der Waals surface area contributed by atoms with E-state index in [9.17, 15) is 13.6 Å². The maximum absolute atomic E-state index is 16.3. The minimum atomic E-state index is -0.956. The van der Waals surface area contributed by atoms with Gasteiger partial charge in [-0.15, -0.1) is 0 Å². The Hall–Kier alpha value is -4.86. The van der Waals surface area contributed by atoms with Gasteiger partial charge >= 0.3 is 6.01 Å². The number of amides is 1. The van der Waals surface area contributed by atoms with Gasteiger partial charge in [0.1, 0.15) is 41.3 Å². The number of nitrogen functional groups attached to an aromatic ring is 1. The zero-order chi connectivity index (χ0) is 34.4. The van der Waals surface area contributed by atoms with Crippen LogP contribution in [-0.4, -0.2) is 103 Å². The molecule has 0 spiro atoms. The number of carbonyl (C=O) groups is 1. The van der Waals surface area contributed by atoms with Crippen molar-refractivity contribution < 1.29 is 27.2 Å². The van der Waals surface area contributed by atoms with Gasteiger partial charge < -0.3 is 24.8 Å². The lowest BCUT2D eigenvalue weighted by Crippen LogP contribution is -2.43. The van der Waals surface area contributed by atoms with Gasteiger partial charge in [-0.1, -0.05) is 19.0 Å². The third-order valence-electron chi connectivity index (χ3n) is 9.67. The predicted octanol–water partition coefficient (Wildman–Crippen LogP) is 4.16. The fourth-order valence-electron chi connectivity index (χ4n) is 7.02. The van der Waals surface area contributed by atoms with Crippen molar-refractivity contribution in [2.24, 2.45) is 0 Å². The van der Waals surface area contributed by atoms with E-state index in [0.717, 1.165) is 25.5 Å². The molecule has 0 bridgehead atoms. The predicted molar refractivity (Wildman–Crippen MR) is 174 cm³/mol. The van der Waals surface area contributed by atoms with Gasteiger partial charge in [0, 0.05) is 63.4 Å². The number of hydrogen-bond acceptors (Lipinski definition) is 12. The largest absolute Gasteiger partial charge is 0.461 e. The summed E-state index contributed by atoms with van der Waals surface area (Å²) in [6.07, 6.45) is 5.92. The molecular formula is C33H37F3N10O3. The molecule has 3 saturated heterocycles. The number of carbonyl (C=O) groups excluding carboxylic acids is 1. The second kappa shape index (κ2) is 12.9. The summed E-state index contributed by atoms with van der Waals surface area (Å²) in [4.78, 5) is 40.3. The number of rotatable bonds is 9. The van der Waals surface area contributed by atoms with Crippen LogP contribution in [0.4, 0.5) is 24.8 Å². The number of hydrogen-bond donors (Lipinski definition) is 1. The monoisotopic (exact) mass is 678 g/mol. The molecule has 49 heavy (non-hydrogen) atoms. The van der Waals surface area contributed by atoms with Crippen molar-refractivity contribution in [2.45, 2.75) is 63.2 Å². The summed E-state index contributed by atoms with van der Waals surface area (Å²) in [6.45, 7) is 5.95. The van der Waals surface area contributed by atoms with Crippen molar-refractivity contribution in [1.82, 2.24) is 39.9 Å². The first kappa shape index (κ1) is 32.7. The van der Waals surface area contributed by atoms with Crippen molar-refractivity contribution in [2.75, 3.05) is 50.5 Å². The summed E-state index contributed by atoms with van der Waals surface area (Å²) in [6, 6.07) is 2.05. The summed E-state index contributed by atoms with van der Waals surface area (Å²) >= 11 is 0. The molecule has 3 aliphatic rings. The van der Waals surface area contributed by atoms with E-state index >= 15 is 4.39 Å². The minimum Gasteiger partial charge on any atom is -0.461 e. The lowest BCUT2D eigenvalue weighted by atomic mass is 9.95. The van der Waals surface area contributed by atoms with E-state index in [-0.39, 0.29) is 64.5 Å². The Labute approximate surface area is 280 Å². The van der Waals surface area contributed by atoms with Crippen LogP contribution in [0.5, 0.6) is 6.01 Å². The first-order valence-electron chi connectivity index (χ1n) is 16.4. The van der Waals surface area contributed by atoms with E-state index in [1.807, 2.05) is 18.7 Å². The molecule has 3 fully saturated rings. The number of anilines is 2. The number of nitrogens with zero attached hydrogens (tertiary/aromatic N) is 9. The maximum Gasteiger partial charge on any atom is 0.319 e. The van der Waals surface area contributed by atoms with Crippen molar-refractivity contribution in [3.63, 3.8) is 0 Å². The molecule has 4 aromatic rings. The number of likely N-dealkylation sites (N-methyl/N-ethyl adjacent to an activating group) is 1. The standard InChI is InChI=1S/C33H37F3N10O3/c1-18(2)30-40-24(49-43-30)7-8-25(47)45-12-9-20(16-45)44(3)31-21-14-38-29(28-22(35)5-6-23(37)39-28)26(36)27(21)41-32(42-31)48-17-33-10-4-11-46(33)15-19(34)13-33/h5-8,14,18-20H,4,9-13,15-17H2,1-3H3,(H2,37,39)/b8-7+/t19-,20-,33?/m1/s1. The number of fused-ring (bicyclic) bond motifs is 2. The molecule has 1 unspecified atom stereocenters. The molecule has 0 aromatic carbocycles. The third-order valence-corrected chi connectivity index (χ3v) is 9.67. The zero-order valence-corrected chi connectivity index (χ0v) is 27.4. The molecule has 7 rings (SSSR count). The normalized spacial score (nSPS) is 22.6. The molecule has 0 saturated carbocycles. The average Bonchev–Trinajstić information content (AvgIpc) is 3.88. The maximum atomic E-state index is 16.3. The van der Waals surface area contributed by atoms with E-state index in [1.165, 1.54) is 24.4 Å². The Morgan fingerprint density at radius 1 is 1.18 bits per heavy atom. The van der Waals surface area contributed by atoms with Gasteiger partial charge in [0.2, 0.25) is 5.91 Å². The van der Waals surface area contributed by atoms with Crippen LogP contribution in [0.15, 0.2) is 28.9 Å². The van der Waals surface area contributed by atoms with Crippen LogP contribution in [0.3, 0.4) is 0 Å². The van der Waals surface area contributed by atoms with Crippen molar-refractivity contribution in [3.05, 3.63) is 47.8 Å². The number of pyridine rings is 2. The van der Waals surface area contributed by atoms with Crippen LogP contribution in [0.1, 0.15) is 57.2 Å². The third kappa shape index (κ3) is 6.24. The summed E-state index contributed by atoms with van der Waals surface area (Å²) < 4.78 is 56.9. The lowest BCUT2D eigenvalue weighted by molar-refractivity contribution is -0.124. The molecule has 2 N–H and O–H groups in total. The fraction of sp³-hybridized carbons (Fsp3) is 0.485. The Kier molecular flexibility index (Phi) is 8.58. The van der Waals surface area contributed by atoms with Gasteiger partial charge in [0.05, 0.1) is 10.9 Å². The smallest absolute Gasteiger partial charge is 0.319 e. The van der Waals surface area contributed by atoms with Crippen LogP contribution in [0, 0.1) is 11.6 Å². The van der Waals surface area contributed by atoms with Crippen LogP contribution in [0.2, 0.25) is 0 Å². The number of aromatic nitrogens is 6. The van der Waals surface area contributed by atoms with Crippen LogP contribution in [0.25, 0.3) is 28.4 Å². The number of halogens is 3. The number of alkyl halides is 1. The van der Waals surface area contributed by atoms with Gasteiger partial charge in [-0.25, -0.2) is 18.2 Å². The SMILES string of the molecule is CC(C)c1noc(/C=C/C(=O)N2CC[C@@H](N(C)c3nc(OCC45CCCN4C[C@H](F)C5)nc4c(F)c(-c5nc(N)ccc5F)ncc34)C2)n1. The molecule has 16 heteroatoms. The molecule has 4 aromatic heterocycles. The van der Waals surface area contributed by atoms with E-state index in [1.54, 1.807) is 11.9 Å². The highest BCUT2D eigenvalue weighted by molar-refractivity contribution is 5.93. The van der Waals surface area contributed by atoms with E-state index in [2.05, 4.69) is 30.0 Å². The molecule has 1 amide bonds. The van der Waals surface area contributed by atoms with Gasteiger partial charge in [-0.2, -0.15) is 15.0 Å². The van der Waals surface area contributed by atoms with Gasteiger partial charge in [-0.05, 0) is 37.9 Å². The van der Waals surface area contributed by atoms with Crippen LogP contribution >= 0.6 is 0 Å². The van der Waals surface area contributed by atoms with E-state index in [4.69, 9.17) is 20.0 Å². The number of nitrogens with two attached hydrogens (primary N) is 1. The van der Waals surface area contributed by atoms with Gasteiger partial charge in [0.15, 0.2) is 17.5 Å². The molecule has 0 aliphatic carbocycles. The summed E-state index contributed by atoms with van der Waals surface area (Å²) in [5, 5.41) is 4.17. The Morgan fingerprint density at radius 3 is 2.82 bits per heavy atom. The second-order valence-electron chi connectivity index (χ2n) is 13.3. The highest BCUT2D eigenvalue weighted by Gasteiger charge is 2.49. The van der Waals surface area contributed by atoms with Crippen molar-refractivity contribution in [3.8, 4) is 17.4 Å². The van der Waals surface area contributed by atoms with Crippen molar-refractivity contribution >= 4 is 34.5 Å². The Balaban J connectivity index is 1.18. The minimum absolute atomic E-state index is 0.000474. The molecule has 13 nitrogen and oxygen atoms in total. The summed E-state index contributed by atoms with van der Waals surface area (Å²) in [7, 11) is 1.79. The molecule has 258 valence electrons. The molecule has 3 atom stereocenters. The molecular weight excluding hydrogens is 641 g/mol. The first-order chi connectivity index (χ1) is 23.5. The number of likely N-dealkylation sites (tertiary alicyclic amines) is 1. The van der Waals surface area contributed by atoms with Gasteiger partial charge in [0.25, 0.3) is 5.89 Å². The molecule has 7 heterocycles. The highest BCUT2D eigenvalue weighted by atomic mass is 19.1. The second-order valence-corrected chi connectivity index (χ2v) is 13.3. The van der Waals surface area contributed by atoms with Crippen LogP contribution in [-0.2, 0) is 4.79 Å². The first-order valence-corrected chi connectivity index (χ1v) is 16.4. The quantitative estimate of drug-likeness (QED) is 0.253. The fourth-order valence-corrected chi connectivity index (χ4v) is 7.02. The van der Waals surface area contributed by atoms with Gasteiger partial charge in [-0.3, -0.25) is 14.7 Å². The van der Waals surface area contributed by atoms with Crippen molar-refractivity contribution in [1.29, 1.82) is 0 Å².